The van der Waals surface area contributed by atoms with Crippen LogP contribution in [0.2, 0.25) is 0 Å². The normalized spacial score (nSPS) is 14.6. The summed E-state index contributed by atoms with van der Waals surface area (Å²) in [6.07, 6.45) is 1.84. The number of fused-ring (bicyclic) bond motifs is 2. The fourth-order valence-electron chi connectivity index (χ4n) is 4.68. The predicted molar refractivity (Wildman–Crippen MR) is 146 cm³/mol. The summed E-state index contributed by atoms with van der Waals surface area (Å²) in [5.74, 6) is -0.503. The van der Waals surface area contributed by atoms with Crippen LogP contribution in [0.4, 0.5) is 9.52 Å². The Balaban J connectivity index is 1.73. The molecule has 3 heterocycles. The number of amides is 1. The number of anilines is 1. The zero-order chi connectivity index (χ0) is 27.8. The average molecular weight is 551 g/mol. The second-order valence-corrected chi connectivity index (χ2v) is 10.2. The summed E-state index contributed by atoms with van der Waals surface area (Å²) in [4.78, 5) is 46.1. The lowest BCUT2D eigenvalue weighted by molar-refractivity contribution is 0.0969. The third-order valence-electron chi connectivity index (χ3n) is 6.48. The second-order valence-electron chi connectivity index (χ2n) is 9.20. The number of rotatable bonds is 9. The summed E-state index contributed by atoms with van der Waals surface area (Å²) in [6.45, 7) is 7.92. The van der Waals surface area contributed by atoms with E-state index in [9.17, 15) is 18.8 Å². The molecule has 1 aliphatic heterocycles. The van der Waals surface area contributed by atoms with Gasteiger partial charge in [0.1, 0.15) is 11.4 Å². The van der Waals surface area contributed by atoms with Crippen LogP contribution in [0, 0.1) is 12.7 Å². The first-order valence-corrected chi connectivity index (χ1v) is 13.5. The molecule has 1 atom stereocenters. The number of ketones is 1. The van der Waals surface area contributed by atoms with Crippen LogP contribution in [0.3, 0.4) is 0 Å². The zero-order valence-corrected chi connectivity index (χ0v) is 22.8. The molecule has 0 bridgehead atoms. The van der Waals surface area contributed by atoms with Gasteiger partial charge in [-0.15, -0.1) is 0 Å². The number of aromatic nitrogens is 1. The van der Waals surface area contributed by atoms with Gasteiger partial charge in [-0.25, -0.2) is 9.37 Å². The van der Waals surface area contributed by atoms with Crippen molar-refractivity contribution in [1.82, 2.24) is 4.98 Å². The lowest BCUT2D eigenvalue weighted by Crippen LogP contribution is -2.29. The van der Waals surface area contributed by atoms with Gasteiger partial charge in [0.05, 0.1) is 40.8 Å². The fourth-order valence-corrected chi connectivity index (χ4v) is 5.67. The highest BCUT2D eigenvalue weighted by Crippen LogP contribution is 2.45. The predicted octanol–water partition coefficient (Wildman–Crippen LogP) is 6.23. The number of unbranched alkanes of at least 4 members (excludes halogenated alkanes) is 1. The summed E-state index contributed by atoms with van der Waals surface area (Å²) in [5, 5.41) is 0.271. The van der Waals surface area contributed by atoms with Crippen molar-refractivity contribution in [3.63, 3.8) is 0 Å². The summed E-state index contributed by atoms with van der Waals surface area (Å²) in [5.41, 5.74) is 0.675. The lowest BCUT2D eigenvalue weighted by Gasteiger charge is -2.23. The maximum absolute atomic E-state index is 14.1. The largest absolute Gasteiger partial charge is 0.490 e. The van der Waals surface area contributed by atoms with Crippen molar-refractivity contribution in [1.29, 1.82) is 0 Å². The number of carbonyl (C=O) groups is 2. The van der Waals surface area contributed by atoms with E-state index in [1.807, 2.05) is 6.92 Å². The number of ether oxygens (including phenoxy) is 2. The zero-order valence-electron chi connectivity index (χ0n) is 22.0. The van der Waals surface area contributed by atoms with Crippen molar-refractivity contribution in [2.75, 3.05) is 18.1 Å². The molecule has 0 spiro atoms. The molecular formula is C29H27FN2O6S. The van der Waals surface area contributed by atoms with E-state index in [1.165, 1.54) is 24.0 Å². The Morgan fingerprint density at radius 2 is 1.92 bits per heavy atom. The fraction of sp³-hybridized carbons (Fsp3) is 0.310. The molecule has 202 valence electrons. The van der Waals surface area contributed by atoms with Crippen LogP contribution in [-0.2, 0) is 0 Å². The first kappa shape index (κ1) is 26.6. The Kier molecular flexibility index (Phi) is 7.22. The maximum Gasteiger partial charge on any atom is 0.297 e. The molecule has 10 heteroatoms. The van der Waals surface area contributed by atoms with Gasteiger partial charge in [0.25, 0.3) is 5.91 Å². The first-order chi connectivity index (χ1) is 18.7. The Hall–Kier alpha value is -4.05. The number of benzene rings is 2. The van der Waals surface area contributed by atoms with E-state index in [0.717, 1.165) is 30.2 Å². The third kappa shape index (κ3) is 4.69. The van der Waals surface area contributed by atoms with Crippen molar-refractivity contribution in [3.8, 4) is 11.5 Å². The molecule has 0 aliphatic carbocycles. The van der Waals surface area contributed by atoms with E-state index in [4.69, 9.17) is 13.9 Å². The number of hydrogen-bond acceptors (Lipinski definition) is 8. The van der Waals surface area contributed by atoms with Gasteiger partial charge in [0, 0.05) is 6.92 Å². The van der Waals surface area contributed by atoms with Crippen LogP contribution in [-0.4, -0.2) is 29.9 Å². The minimum absolute atomic E-state index is 0.0256. The van der Waals surface area contributed by atoms with Crippen molar-refractivity contribution in [2.45, 2.75) is 46.6 Å². The number of nitrogens with zero attached hydrogens (tertiary/aromatic N) is 2. The van der Waals surface area contributed by atoms with Crippen molar-refractivity contribution in [3.05, 3.63) is 79.9 Å². The van der Waals surface area contributed by atoms with E-state index in [-0.39, 0.29) is 33.2 Å². The van der Waals surface area contributed by atoms with Gasteiger partial charge in [-0.1, -0.05) is 30.7 Å². The van der Waals surface area contributed by atoms with Crippen LogP contribution >= 0.6 is 11.3 Å². The molecular weight excluding hydrogens is 523 g/mol. The monoisotopic (exact) mass is 550 g/mol. The first-order valence-electron chi connectivity index (χ1n) is 12.7. The minimum Gasteiger partial charge on any atom is -0.490 e. The molecule has 0 radical (unpaired) electrons. The molecule has 0 fully saturated rings. The molecule has 2 aromatic carbocycles. The van der Waals surface area contributed by atoms with Gasteiger partial charge >= 0.3 is 0 Å². The van der Waals surface area contributed by atoms with E-state index in [0.29, 0.717) is 40.8 Å². The Labute approximate surface area is 228 Å². The molecule has 39 heavy (non-hydrogen) atoms. The Bertz CT molecular complexity index is 1660. The molecule has 0 N–H and O–H groups in total. The number of halogens is 1. The van der Waals surface area contributed by atoms with Gasteiger partial charge in [0.2, 0.25) is 5.76 Å². The van der Waals surface area contributed by atoms with Gasteiger partial charge in [0.15, 0.2) is 27.8 Å². The number of aryl methyl sites for hydroxylation is 1. The van der Waals surface area contributed by atoms with Crippen LogP contribution < -0.4 is 19.8 Å². The minimum atomic E-state index is -0.953. The van der Waals surface area contributed by atoms with Gasteiger partial charge in [-0.05, 0) is 56.2 Å². The van der Waals surface area contributed by atoms with Gasteiger partial charge < -0.3 is 13.9 Å². The number of thiazole rings is 1. The molecule has 2 aromatic heterocycles. The summed E-state index contributed by atoms with van der Waals surface area (Å²) in [7, 11) is 0. The molecule has 5 rings (SSSR count). The smallest absolute Gasteiger partial charge is 0.297 e. The highest BCUT2D eigenvalue weighted by atomic mass is 32.1. The molecule has 4 aromatic rings. The maximum atomic E-state index is 14.1. The van der Waals surface area contributed by atoms with Crippen LogP contribution in [0.15, 0.2) is 45.6 Å². The van der Waals surface area contributed by atoms with Crippen LogP contribution in [0.5, 0.6) is 11.5 Å². The van der Waals surface area contributed by atoms with Gasteiger partial charge in [-0.3, -0.25) is 19.3 Å². The standard InChI is InChI=1S/C29H27FN2O6S/c1-5-7-12-37-21-10-8-17(13-22(21)36-6-2)24-23-25(34)19-14-18(30)9-11-20(19)38-26(23)28(35)32(24)29-31-15(3)27(39-29)16(4)33/h8-11,13-14,24H,5-7,12H2,1-4H3. The summed E-state index contributed by atoms with van der Waals surface area (Å²) < 4.78 is 31.8. The Morgan fingerprint density at radius 1 is 1.13 bits per heavy atom. The molecule has 1 amide bonds. The highest BCUT2D eigenvalue weighted by molar-refractivity contribution is 7.17. The quantitative estimate of drug-likeness (QED) is 0.180. The highest BCUT2D eigenvalue weighted by Gasteiger charge is 2.45. The van der Waals surface area contributed by atoms with E-state index < -0.39 is 23.2 Å². The van der Waals surface area contributed by atoms with Crippen molar-refractivity contribution >= 4 is 39.1 Å². The van der Waals surface area contributed by atoms with E-state index in [1.54, 1.807) is 25.1 Å². The molecule has 0 saturated heterocycles. The third-order valence-corrected chi connectivity index (χ3v) is 7.74. The van der Waals surface area contributed by atoms with E-state index >= 15 is 0 Å². The second kappa shape index (κ2) is 10.6. The molecule has 1 unspecified atom stereocenters. The number of carbonyl (C=O) groups excluding carboxylic acids is 2. The van der Waals surface area contributed by atoms with Gasteiger partial charge in [-0.2, -0.15) is 0 Å². The van der Waals surface area contributed by atoms with Crippen LogP contribution in [0.1, 0.15) is 76.7 Å². The SMILES string of the molecule is CCCCOc1ccc(C2c3c(oc4ccc(F)cc4c3=O)C(=O)N2c2nc(C)c(C(C)=O)s2)cc1OCC. The van der Waals surface area contributed by atoms with Crippen molar-refractivity contribution in [2.24, 2.45) is 0 Å². The average Bonchev–Trinajstić information content (AvgIpc) is 3.43. The molecule has 0 saturated carbocycles. The molecule has 8 nitrogen and oxygen atoms in total. The van der Waals surface area contributed by atoms with Crippen molar-refractivity contribution < 1.29 is 27.9 Å². The molecule has 1 aliphatic rings. The lowest BCUT2D eigenvalue weighted by atomic mass is 9.98. The van der Waals surface area contributed by atoms with Crippen LogP contribution in [0.25, 0.3) is 11.0 Å². The number of Topliss-reactive ketones (excluding diaryl/α,β-unsaturated/α-hetero) is 1. The van der Waals surface area contributed by atoms with E-state index in [2.05, 4.69) is 11.9 Å². The Morgan fingerprint density at radius 3 is 2.62 bits per heavy atom. The summed E-state index contributed by atoms with van der Waals surface area (Å²) >= 11 is 1.07. The number of hydrogen-bond donors (Lipinski definition) is 0. The summed E-state index contributed by atoms with van der Waals surface area (Å²) in [6, 6.07) is 7.87. The topological polar surface area (TPSA) is 98.9 Å².